The number of hydrogen-bond donors (Lipinski definition) is 0. The van der Waals surface area contributed by atoms with E-state index in [2.05, 4.69) is 0 Å². The van der Waals surface area contributed by atoms with E-state index in [9.17, 15) is 0 Å². The van der Waals surface area contributed by atoms with Crippen molar-refractivity contribution in [1.82, 2.24) is 0 Å². The van der Waals surface area contributed by atoms with E-state index in [4.69, 9.17) is 28.4 Å². The van der Waals surface area contributed by atoms with Crippen LogP contribution in [0.5, 0.6) is 23.0 Å². The standard InChI is InChI=1S/C21H22O6/c1-22-15-7-5-6-12-16(15)18(23-2)13-8-9-14(21-26-10-11-27-21)20(25-4)17(13)19(12)24-3/h5-9,21H,10-11H2,1-4H3. The molecule has 0 atom stereocenters. The number of methoxy groups -OCH3 is 4. The summed E-state index contributed by atoms with van der Waals surface area (Å²) in [5.74, 6) is 2.77. The molecule has 0 saturated carbocycles. The second-order valence-corrected chi connectivity index (χ2v) is 6.13. The number of benzene rings is 3. The van der Waals surface area contributed by atoms with Crippen LogP contribution < -0.4 is 18.9 Å². The zero-order chi connectivity index (χ0) is 19.0. The van der Waals surface area contributed by atoms with Crippen LogP contribution in [-0.4, -0.2) is 41.7 Å². The van der Waals surface area contributed by atoms with Gasteiger partial charge >= 0.3 is 0 Å². The largest absolute Gasteiger partial charge is 0.496 e. The van der Waals surface area contributed by atoms with Crippen LogP contribution in [0.4, 0.5) is 0 Å². The van der Waals surface area contributed by atoms with E-state index in [1.165, 1.54) is 0 Å². The molecule has 1 aliphatic rings. The van der Waals surface area contributed by atoms with Crippen LogP contribution in [0.1, 0.15) is 11.9 Å². The molecule has 4 rings (SSSR count). The molecule has 1 fully saturated rings. The molecule has 0 radical (unpaired) electrons. The van der Waals surface area contributed by atoms with Crippen molar-refractivity contribution in [2.75, 3.05) is 41.7 Å². The van der Waals surface area contributed by atoms with Gasteiger partial charge in [0.25, 0.3) is 0 Å². The van der Waals surface area contributed by atoms with Gasteiger partial charge in [-0.05, 0) is 18.2 Å². The van der Waals surface area contributed by atoms with Crippen molar-refractivity contribution in [1.29, 1.82) is 0 Å². The summed E-state index contributed by atoms with van der Waals surface area (Å²) < 4.78 is 34.4. The molecule has 6 heteroatoms. The Balaban J connectivity index is 2.17. The smallest absolute Gasteiger partial charge is 0.187 e. The second kappa shape index (κ2) is 7.13. The molecule has 0 amide bonds. The first-order valence-electron chi connectivity index (χ1n) is 8.69. The van der Waals surface area contributed by atoms with Crippen LogP contribution in [0.25, 0.3) is 21.5 Å². The first-order chi connectivity index (χ1) is 13.2. The van der Waals surface area contributed by atoms with Gasteiger partial charge in [0.15, 0.2) is 6.29 Å². The molecular weight excluding hydrogens is 348 g/mol. The van der Waals surface area contributed by atoms with Crippen molar-refractivity contribution in [3.05, 3.63) is 35.9 Å². The molecular formula is C21H22O6. The minimum atomic E-state index is -0.457. The fourth-order valence-corrected chi connectivity index (χ4v) is 3.77. The van der Waals surface area contributed by atoms with Gasteiger partial charge in [0.1, 0.15) is 23.0 Å². The van der Waals surface area contributed by atoms with E-state index in [1.54, 1.807) is 28.4 Å². The zero-order valence-corrected chi connectivity index (χ0v) is 15.8. The van der Waals surface area contributed by atoms with Crippen molar-refractivity contribution >= 4 is 21.5 Å². The fraction of sp³-hybridized carbons (Fsp3) is 0.333. The highest BCUT2D eigenvalue weighted by Crippen LogP contribution is 2.51. The van der Waals surface area contributed by atoms with Crippen molar-refractivity contribution in [3.8, 4) is 23.0 Å². The molecule has 0 bridgehead atoms. The van der Waals surface area contributed by atoms with Crippen LogP contribution in [0, 0.1) is 0 Å². The Bertz CT molecular complexity index is 991. The van der Waals surface area contributed by atoms with Gasteiger partial charge in [-0.1, -0.05) is 12.1 Å². The summed E-state index contributed by atoms with van der Waals surface area (Å²) >= 11 is 0. The molecule has 0 aliphatic carbocycles. The number of fused-ring (bicyclic) bond motifs is 2. The highest BCUT2D eigenvalue weighted by Gasteiger charge is 2.27. The first-order valence-corrected chi connectivity index (χ1v) is 8.69. The van der Waals surface area contributed by atoms with E-state index in [0.717, 1.165) is 32.9 Å². The van der Waals surface area contributed by atoms with Crippen molar-refractivity contribution < 1.29 is 28.4 Å². The Morgan fingerprint density at radius 3 is 1.96 bits per heavy atom. The Labute approximate surface area is 157 Å². The van der Waals surface area contributed by atoms with E-state index in [-0.39, 0.29) is 0 Å². The van der Waals surface area contributed by atoms with E-state index in [1.807, 2.05) is 30.3 Å². The average Bonchev–Trinajstić information content (AvgIpc) is 3.25. The minimum absolute atomic E-state index is 0.457. The lowest BCUT2D eigenvalue weighted by Gasteiger charge is -2.21. The van der Waals surface area contributed by atoms with E-state index >= 15 is 0 Å². The summed E-state index contributed by atoms with van der Waals surface area (Å²) in [5, 5.41) is 3.42. The Morgan fingerprint density at radius 2 is 1.33 bits per heavy atom. The molecule has 0 N–H and O–H groups in total. The molecule has 6 nitrogen and oxygen atoms in total. The zero-order valence-electron chi connectivity index (χ0n) is 15.8. The molecule has 142 valence electrons. The SMILES string of the molecule is COc1cccc2c(OC)c3c(OC)c(C4OCCO4)ccc3c(OC)c12. The summed E-state index contributed by atoms with van der Waals surface area (Å²) in [6.45, 7) is 1.11. The average molecular weight is 370 g/mol. The second-order valence-electron chi connectivity index (χ2n) is 6.13. The van der Waals surface area contributed by atoms with Crippen molar-refractivity contribution in [3.63, 3.8) is 0 Å². The van der Waals surface area contributed by atoms with Crippen LogP contribution in [-0.2, 0) is 9.47 Å². The number of ether oxygens (including phenoxy) is 6. The Morgan fingerprint density at radius 1 is 0.704 bits per heavy atom. The van der Waals surface area contributed by atoms with Crippen LogP contribution >= 0.6 is 0 Å². The molecule has 0 aromatic heterocycles. The van der Waals surface area contributed by atoms with Crippen molar-refractivity contribution in [2.45, 2.75) is 6.29 Å². The van der Waals surface area contributed by atoms with Gasteiger partial charge in [0.05, 0.1) is 58.0 Å². The highest BCUT2D eigenvalue weighted by atomic mass is 16.7. The lowest BCUT2D eigenvalue weighted by Crippen LogP contribution is -2.03. The molecule has 0 spiro atoms. The maximum atomic E-state index is 5.83. The van der Waals surface area contributed by atoms with Crippen molar-refractivity contribution in [2.24, 2.45) is 0 Å². The molecule has 3 aromatic rings. The van der Waals surface area contributed by atoms with Gasteiger partial charge in [0.2, 0.25) is 0 Å². The van der Waals surface area contributed by atoms with Gasteiger partial charge < -0.3 is 28.4 Å². The highest BCUT2D eigenvalue weighted by molar-refractivity contribution is 6.15. The van der Waals surface area contributed by atoms with Gasteiger partial charge in [-0.3, -0.25) is 0 Å². The van der Waals surface area contributed by atoms with Gasteiger partial charge in [-0.15, -0.1) is 0 Å². The van der Waals surface area contributed by atoms with Crippen LogP contribution in [0.15, 0.2) is 30.3 Å². The quantitative estimate of drug-likeness (QED) is 0.631. The topological polar surface area (TPSA) is 55.4 Å². The van der Waals surface area contributed by atoms with Crippen LogP contribution in [0.3, 0.4) is 0 Å². The third-order valence-electron chi connectivity index (χ3n) is 4.87. The molecule has 3 aromatic carbocycles. The molecule has 0 unspecified atom stereocenters. The maximum absolute atomic E-state index is 5.83. The Hall–Kier alpha value is -2.70. The number of hydrogen-bond acceptors (Lipinski definition) is 6. The summed E-state index contributed by atoms with van der Waals surface area (Å²) in [6.07, 6.45) is -0.457. The van der Waals surface area contributed by atoms with E-state index in [0.29, 0.717) is 30.5 Å². The molecule has 27 heavy (non-hydrogen) atoms. The monoisotopic (exact) mass is 370 g/mol. The lowest BCUT2D eigenvalue weighted by molar-refractivity contribution is -0.0453. The summed E-state index contributed by atoms with van der Waals surface area (Å²) in [6, 6.07) is 9.73. The van der Waals surface area contributed by atoms with Gasteiger partial charge in [0, 0.05) is 10.8 Å². The first kappa shape index (κ1) is 17.7. The normalized spacial score (nSPS) is 14.7. The van der Waals surface area contributed by atoms with Gasteiger partial charge in [-0.2, -0.15) is 0 Å². The van der Waals surface area contributed by atoms with E-state index < -0.39 is 6.29 Å². The minimum Gasteiger partial charge on any atom is -0.496 e. The summed E-state index contributed by atoms with van der Waals surface area (Å²) in [4.78, 5) is 0. The third-order valence-corrected chi connectivity index (χ3v) is 4.87. The summed E-state index contributed by atoms with van der Waals surface area (Å²) in [5.41, 5.74) is 0.824. The molecule has 1 aliphatic heterocycles. The predicted octanol–water partition coefficient (Wildman–Crippen LogP) is 4.07. The third kappa shape index (κ3) is 2.64. The molecule has 1 saturated heterocycles. The van der Waals surface area contributed by atoms with Gasteiger partial charge in [-0.25, -0.2) is 0 Å². The fourth-order valence-electron chi connectivity index (χ4n) is 3.77. The Kier molecular flexibility index (Phi) is 4.68. The maximum Gasteiger partial charge on any atom is 0.187 e. The summed E-state index contributed by atoms with van der Waals surface area (Å²) in [7, 11) is 6.57. The lowest BCUT2D eigenvalue weighted by atomic mass is 9.96. The van der Waals surface area contributed by atoms with Crippen LogP contribution in [0.2, 0.25) is 0 Å². The predicted molar refractivity (Wildman–Crippen MR) is 102 cm³/mol. The number of rotatable bonds is 5. The molecule has 1 heterocycles.